The standard InChI is InChI=1S/C11H10BN3O/c1-5-10-9(15-6(2)14-5)8-3-7(12)4-13-11(8)16-10/h3-5H,1-2H3,(H,14,15). The van der Waals surface area contributed by atoms with Crippen molar-refractivity contribution in [3.63, 3.8) is 0 Å². The van der Waals surface area contributed by atoms with Crippen LogP contribution < -0.4 is 10.8 Å². The highest BCUT2D eigenvalue weighted by molar-refractivity contribution is 6.33. The third kappa shape index (κ3) is 1.24. The highest BCUT2D eigenvalue weighted by Crippen LogP contribution is 2.37. The maximum Gasteiger partial charge on any atom is 0.228 e. The molecule has 3 heterocycles. The number of nitrogens with one attached hydrogen (secondary N) is 1. The van der Waals surface area contributed by atoms with Gasteiger partial charge in [-0.1, -0.05) is 11.5 Å². The first-order chi connectivity index (χ1) is 7.65. The molecule has 1 unspecified atom stereocenters. The van der Waals surface area contributed by atoms with Crippen LogP contribution in [0.1, 0.15) is 25.6 Å². The van der Waals surface area contributed by atoms with E-state index in [4.69, 9.17) is 12.3 Å². The number of anilines is 1. The topological polar surface area (TPSA) is 50.4 Å². The minimum atomic E-state index is 0.0201. The molecule has 1 aliphatic rings. The quantitative estimate of drug-likeness (QED) is 0.672. The fourth-order valence-corrected chi connectivity index (χ4v) is 2.00. The lowest BCUT2D eigenvalue weighted by Gasteiger charge is -2.15. The molecule has 0 fully saturated rings. The van der Waals surface area contributed by atoms with E-state index >= 15 is 0 Å². The molecule has 78 valence electrons. The third-order valence-electron chi connectivity index (χ3n) is 2.67. The van der Waals surface area contributed by atoms with Crippen molar-refractivity contribution in [1.82, 2.24) is 4.98 Å². The Kier molecular flexibility index (Phi) is 1.83. The van der Waals surface area contributed by atoms with Crippen molar-refractivity contribution in [3.05, 3.63) is 18.0 Å². The summed E-state index contributed by atoms with van der Waals surface area (Å²) in [4.78, 5) is 8.56. The Labute approximate surface area is 94.2 Å². The molecule has 2 aromatic heterocycles. The SMILES string of the molecule is [B]c1cnc2oc3c(c2c1)NC(C)=NC3C. The molecule has 0 aliphatic carbocycles. The molecule has 5 heteroatoms. The van der Waals surface area contributed by atoms with Crippen molar-refractivity contribution >= 4 is 35.9 Å². The Bertz CT molecular complexity index is 603. The van der Waals surface area contributed by atoms with Crippen molar-refractivity contribution in [2.75, 3.05) is 5.32 Å². The Balaban J connectivity index is 2.30. The number of nitrogens with zero attached hydrogens (tertiary/aromatic N) is 2. The second kappa shape index (κ2) is 3.11. The monoisotopic (exact) mass is 211 g/mol. The number of furan rings is 1. The van der Waals surface area contributed by atoms with Crippen LogP contribution in [0.4, 0.5) is 5.69 Å². The summed E-state index contributed by atoms with van der Waals surface area (Å²) >= 11 is 0. The van der Waals surface area contributed by atoms with E-state index in [9.17, 15) is 0 Å². The lowest BCUT2D eigenvalue weighted by atomic mass is 9.97. The van der Waals surface area contributed by atoms with E-state index in [0.717, 1.165) is 22.7 Å². The number of pyridine rings is 1. The number of amidine groups is 1. The van der Waals surface area contributed by atoms with Gasteiger partial charge in [0.15, 0.2) is 5.76 Å². The summed E-state index contributed by atoms with van der Waals surface area (Å²) < 4.78 is 5.67. The van der Waals surface area contributed by atoms with Crippen LogP contribution in [0.5, 0.6) is 0 Å². The summed E-state index contributed by atoms with van der Waals surface area (Å²) in [7, 11) is 5.72. The minimum Gasteiger partial charge on any atom is -0.438 e. The van der Waals surface area contributed by atoms with Gasteiger partial charge in [0, 0.05) is 6.20 Å². The summed E-state index contributed by atoms with van der Waals surface area (Å²) in [5.74, 6) is 1.70. The molecule has 1 atom stereocenters. The van der Waals surface area contributed by atoms with Crippen LogP contribution in [0.3, 0.4) is 0 Å². The van der Waals surface area contributed by atoms with Crippen LogP contribution in [-0.2, 0) is 0 Å². The van der Waals surface area contributed by atoms with Gasteiger partial charge in [0.05, 0.1) is 16.9 Å². The molecule has 0 aromatic carbocycles. The Morgan fingerprint density at radius 2 is 2.31 bits per heavy atom. The molecular weight excluding hydrogens is 201 g/mol. The maximum absolute atomic E-state index is 5.72. The first kappa shape index (κ1) is 9.45. The number of fused-ring (bicyclic) bond motifs is 3. The van der Waals surface area contributed by atoms with Crippen LogP contribution in [0.25, 0.3) is 11.1 Å². The zero-order valence-corrected chi connectivity index (χ0v) is 9.11. The highest BCUT2D eigenvalue weighted by Gasteiger charge is 2.23. The van der Waals surface area contributed by atoms with Gasteiger partial charge < -0.3 is 9.73 Å². The molecule has 16 heavy (non-hydrogen) atoms. The second-order valence-corrected chi connectivity index (χ2v) is 3.98. The first-order valence-electron chi connectivity index (χ1n) is 5.14. The van der Waals surface area contributed by atoms with E-state index in [1.54, 1.807) is 6.20 Å². The summed E-state index contributed by atoms with van der Waals surface area (Å²) in [6.45, 7) is 3.92. The highest BCUT2D eigenvalue weighted by atomic mass is 16.3. The lowest BCUT2D eigenvalue weighted by Crippen LogP contribution is -2.15. The van der Waals surface area contributed by atoms with E-state index in [1.807, 2.05) is 19.9 Å². The average Bonchev–Trinajstić information content (AvgIpc) is 2.57. The van der Waals surface area contributed by atoms with Crippen LogP contribution in [0.2, 0.25) is 0 Å². The van der Waals surface area contributed by atoms with Crippen molar-refractivity contribution in [2.45, 2.75) is 19.9 Å². The minimum absolute atomic E-state index is 0.0201. The largest absolute Gasteiger partial charge is 0.438 e. The van der Waals surface area contributed by atoms with Crippen molar-refractivity contribution in [3.8, 4) is 0 Å². The molecule has 1 N–H and O–H groups in total. The molecular formula is C11H10BN3O. The fraction of sp³-hybridized carbons (Fsp3) is 0.273. The van der Waals surface area contributed by atoms with Crippen LogP contribution >= 0.6 is 0 Å². The van der Waals surface area contributed by atoms with Gasteiger partial charge in [-0.25, -0.2) is 4.98 Å². The molecule has 0 bridgehead atoms. The zero-order valence-electron chi connectivity index (χ0n) is 9.11. The van der Waals surface area contributed by atoms with Crippen molar-refractivity contribution in [2.24, 2.45) is 4.99 Å². The molecule has 3 rings (SSSR count). The molecule has 2 radical (unpaired) electrons. The number of aliphatic imine (C=N–C) groups is 1. The lowest BCUT2D eigenvalue weighted by molar-refractivity contribution is 0.506. The predicted molar refractivity (Wildman–Crippen MR) is 64.5 cm³/mol. The number of hydrogen-bond acceptors (Lipinski definition) is 4. The van der Waals surface area contributed by atoms with Gasteiger partial charge in [-0.2, -0.15) is 0 Å². The normalized spacial score (nSPS) is 19.1. The van der Waals surface area contributed by atoms with Crippen molar-refractivity contribution < 1.29 is 4.42 Å². The van der Waals surface area contributed by atoms with Crippen LogP contribution in [0.15, 0.2) is 21.7 Å². The number of aromatic nitrogens is 1. The van der Waals surface area contributed by atoms with Crippen LogP contribution in [-0.4, -0.2) is 18.7 Å². The van der Waals surface area contributed by atoms with Gasteiger partial charge in [0.1, 0.15) is 13.9 Å². The molecule has 2 aromatic rings. The van der Waals surface area contributed by atoms with Crippen LogP contribution in [0, 0.1) is 0 Å². The van der Waals surface area contributed by atoms with Gasteiger partial charge in [-0.15, -0.1) is 0 Å². The molecule has 4 nitrogen and oxygen atoms in total. The average molecular weight is 211 g/mol. The van der Waals surface area contributed by atoms with Crippen molar-refractivity contribution in [1.29, 1.82) is 0 Å². The molecule has 0 amide bonds. The Morgan fingerprint density at radius 3 is 3.12 bits per heavy atom. The van der Waals surface area contributed by atoms with Gasteiger partial charge in [0.2, 0.25) is 5.71 Å². The predicted octanol–water partition coefficient (Wildman–Crippen LogP) is 1.53. The number of hydrogen-bond donors (Lipinski definition) is 1. The molecule has 0 spiro atoms. The van der Waals surface area contributed by atoms with E-state index < -0.39 is 0 Å². The summed E-state index contributed by atoms with van der Waals surface area (Å²) in [5.41, 5.74) is 2.17. The van der Waals surface area contributed by atoms with E-state index in [0.29, 0.717) is 11.2 Å². The first-order valence-corrected chi connectivity index (χ1v) is 5.14. The third-order valence-corrected chi connectivity index (χ3v) is 2.67. The van der Waals surface area contributed by atoms with E-state index in [1.165, 1.54) is 0 Å². The van der Waals surface area contributed by atoms with E-state index in [2.05, 4.69) is 15.3 Å². The Morgan fingerprint density at radius 1 is 1.50 bits per heavy atom. The summed E-state index contributed by atoms with van der Waals surface area (Å²) in [6.07, 6.45) is 1.59. The maximum atomic E-state index is 5.72. The second-order valence-electron chi connectivity index (χ2n) is 3.98. The Hall–Kier alpha value is -1.78. The van der Waals surface area contributed by atoms with Gasteiger partial charge in [-0.05, 0) is 13.8 Å². The molecule has 1 aliphatic heterocycles. The smallest absolute Gasteiger partial charge is 0.228 e. The molecule has 0 saturated carbocycles. The van der Waals surface area contributed by atoms with Gasteiger partial charge in [0.25, 0.3) is 0 Å². The molecule has 0 saturated heterocycles. The van der Waals surface area contributed by atoms with Gasteiger partial charge >= 0.3 is 0 Å². The number of rotatable bonds is 0. The zero-order chi connectivity index (χ0) is 11.3. The van der Waals surface area contributed by atoms with Gasteiger partial charge in [-0.3, -0.25) is 4.99 Å². The fourth-order valence-electron chi connectivity index (χ4n) is 2.00. The summed E-state index contributed by atoms with van der Waals surface area (Å²) in [5, 5.41) is 4.11. The summed E-state index contributed by atoms with van der Waals surface area (Å²) in [6, 6.07) is 1.88. The van der Waals surface area contributed by atoms with E-state index in [-0.39, 0.29) is 6.04 Å².